The normalized spacial score (nSPS) is 15.6. The van der Waals surface area contributed by atoms with Crippen LogP contribution < -0.4 is 14.2 Å². The highest BCUT2D eigenvalue weighted by Gasteiger charge is 2.20. The van der Waals surface area contributed by atoms with Crippen LogP contribution in [0.15, 0.2) is 36.4 Å². The van der Waals surface area contributed by atoms with Gasteiger partial charge in [-0.3, -0.25) is 9.80 Å². The van der Waals surface area contributed by atoms with Crippen molar-refractivity contribution in [3.05, 3.63) is 53.3 Å². The molecule has 0 aliphatic carbocycles. The van der Waals surface area contributed by atoms with Crippen LogP contribution in [0.4, 0.5) is 4.39 Å². The van der Waals surface area contributed by atoms with E-state index in [1.165, 1.54) is 12.1 Å². The largest absolute Gasteiger partial charge is 0.496 e. The molecule has 1 aliphatic heterocycles. The first-order valence-corrected chi connectivity index (χ1v) is 9.11. The Morgan fingerprint density at radius 3 is 1.81 bits per heavy atom. The number of piperazine rings is 1. The van der Waals surface area contributed by atoms with E-state index in [-0.39, 0.29) is 5.82 Å². The Morgan fingerprint density at radius 2 is 1.26 bits per heavy atom. The molecule has 0 atom stereocenters. The van der Waals surface area contributed by atoms with Crippen LogP contribution in [0.3, 0.4) is 0 Å². The predicted molar refractivity (Wildman–Crippen MR) is 103 cm³/mol. The van der Waals surface area contributed by atoms with E-state index in [2.05, 4.69) is 9.80 Å². The van der Waals surface area contributed by atoms with Gasteiger partial charge in [-0.2, -0.15) is 0 Å². The molecule has 0 spiro atoms. The van der Waals surface area contributed by atoms with Crippen LogP contribution in [0.2, 0.25) is 0 Å². The van der Waals surface area contributed by atoms with E-state index in [1.807, 2.05) is 24.3 Å². The van der Waals surface area contributed by atoms with Crippen molar-refractivity contribution in [3.63, 3.8) is 0 Å². The van der Waals surface area contributed by atoms with Gasteiger partial charge in [0.2, 0.25) is 0 Å². The highest BCUT2D eigenvalue weighted by molar-refractivity contribution is 5.50. The molecule has 2 aromatic carbocycles. The van der Waals surface area contributed by atoms with Gasteiger partial charge in [0, 0.05) is 50.9 Å². The van der Waals surface area contributed by atoms with Gasteiger partial charge in [-0.15, -0.1) is 0 Å². The molecule has 6 heteroatoms. The van der Waals surface area contributed by atoms with Crippen molar-refractivity contribution in [1.29, 1.82) is 0 Å². The van der Waals surface area contributed by atoms with Crippen molar-refractivity contribution in [2.45, 2.75) is 13.1 Å². The zero-order valence-electron chi connectivity index (χ0n) is 16.2. The van der Waals surface area contributed by atoms with Crippen LogP contribution >= 0.6 is 0 Å². The maximum Gasteiger partial charge on any atom is 0.164 e. The van der Waals surface area contributed by atoms with E-state index in [9.17, 15) is 4.39 Å². The number of halogens is 1. The minimum atomic E-state index is -0.188. The van der Waals surface area contributed by atoms with Gasteiger partial charge in [-0.25, -0.2) is 4.39 Å². The lowest BCUT2D eigenvalue weighted by Crippen LogP contribution is -2.45. The third-order valence-electron chi connectivity index (χ3n) is 4.96. The second kappa shape index (κ2) is 9.06. The second-order valence-electron chi connectivity index (χ2n) is 6.70. The molecule has 0 N–H and O–H groups in total. The number of nitrogens with zero attached hydrogens (tertiary/aromatic N) is 2. The van der Waals surface area contributed by atoms with Crippen LogP contribution in [-0.2, 0) is 13.1 Å². The maximum atomic E-state index is 13.0. The molecule has 0 aromatic heterocycles. The number of hydrogen-bond donors (Lipinski definition) is 0. The van der Waals surface area contributed by atoms with Gasteiger partial charge in [-0.05, 0) is 23.8 Å². The van der Waals surface area contributed by atoms with Gasteiger partial charge < -0.3 is 14.2 Å². The van der Waals surface area contributed by atoms with Crippen LogP contribution in [0.25, 0.3) is 0 Å². The SMILES string of the molecule is COc1cc(OC)c(OC)cc1CN1CCN(Cc2ccc(F)cc2)CC1. The summed E-state index contributed by atoms with van der Waals surface area (Å²) in [6, 6.07) is 10.6. The molecule has 2 aromatic rings. The second-order valence-corrected chi connectivity index (χ2v) is 6.70. The molecule has 146 valence electrons. The fourth-order valence-corrected chi connectivity index (χ4v) is 3.41. The first-order valence-electron chi connectivity index (χ1n) is 9.11. The van der Waals surface area contributed by atoms with E-state index in [4.69, 9.17) is 14.2 Å². The average Bonchev–Trinajstić information content (AvgIpc) is 2.70. The molecule has 3 rings (SSSR count). The van der Waals surface area contributed by atoms with Gasteiger partial charge in [0.1, 0.15) is 11.6 Å². The lowest BCUT2D eigenvalue weighted by molar-refractivity contribution is 0.121. The smallest absolute Gasteiger partial charge is 0.164 e. The third-order valence-corrected chi connectivity index (χ3v) is 4.96. The molecule has 1 fully saturated rings. The minimum Gasteiger partial charge on any atom is -0.496 e. The molecular formula is C21H27FN2O3. The van der Waals surface area contributed by atoms with Crippen molar-refractivity contribution in [2.24, 2.45) is 0 Å². The van der Waals surface area contributed by atoms with Gasteiger partial charge in [-0.1, -0.05) is 12.1 Å². The van der Waals surface area contributed by atoms with E-state index in [0.717, 1.165) is 56.1 Å². The Kier molecular flexibility index (Phi) is 6.53. The summed E-state index contributed by atoms with van der Waals surface area (Å²) in [6.45, 7) is 5.55. The van der Waals surface area contributed by atoms with Crippen LogP contribution in [-0.4, -0.2) is 57.3 Å². The Balaban J connectivity index is 1.59. The molecule has 27 heavy (non-hydrogen) atoms. The van der Waals surface area contributed by atoms with Gasteiger partial charge >= 0.3 is 0 Å². The molecular weight excluding hydrogens is 347 g/mol. The molecule has 1 heterocycles. The molecule has 0 radical (unpaired) electrons. The molecule has 1 saturated heterocycles. The standard InChI is InChI=1S/C21H27FN2O3/c1-25-19-13-21(27-3)20(26-2)12-17(19)15-24-10-8-23(9-11-24)14-16-4-6-18(22)7-5-16/h4-7,12-13H,8-11,14-15H2,1-3H3. The number of benzene rings is 2. The first-order chi connectivity index (χ1) is 13.1. The number of methoxy groups -OCH3 is 3. The quantitative estimate of drug-likeness (QED) is 0.744. The number of rotatable bonds is 7. The summed E-state index contributed by atoms with van der Waals surface area (Å²) in [6.07, 6.45) is 0. The molecule has 1 aliphatic rings. The summed E-state index contributed by atoms with van der Waals surface area (Å²) >= 11 is 0. The van der Waals surface area contributed by atoms with Crippen LogP contribution in [0.1, 0.15) is 11.1 Å². The van der Waals surface area contributed by atoms with Gasteiger partial charge in [0.15, 0.2) is 11.5 Å². The Labute approximate surface area is 160 Å². The summed E-state index contributed by atoms with van der Waals surface area (Å²) < 4.78 is 29.4. The highest BCUT2D eigenvalue weighted by atomic mass is 19.1. The lowest BCUT2D eigenvalue weighted by atomic mass is 10.1. The summed E-state index contributed by atoms with van der Waals surface area (Å²) in [5.41, 5.74) is 2.23. The van der Waals surface area contributed by atoms with Crippen molar-refractivity contribution in [1.82, 2.24) is 9.80 Å². The highest BCUT2D eigenvalue weighted by Crippen LogP contribution is 2.35. The van der Waals surface area contributed by atoms with Crippen molar-refractivity contribution < 1.29 is 18.6 Å². The fourth-order valence-electron chi connectivity index (χ4n) is 3.41. The Morgan fingerprint density at radius 1 is 0.741 bits per heavy atom. The zero-order chi connectivity index (χ0) is 19.2. The molecule has 0 bridgehead atoms. The monoisotopic (exact) mass is 374 g/mol. The maximum absolute atomic E-state index is 13.0. The van der Waals surface area contributed by atoms with E-state index in [1.54, 1.807) is 21.3 Å². The van der Waals surface area contributed by atoms with Gasteiger partial charge in [0.25, 0.3) is 0 Å². The lowest BCUT2D eigenvalue weighted by Gasteiger charge is -2.35. The van der Waals surface area contributed by atoms with Gasteiger partial charge in [0.05, 0.1) is 21.3 Å². The summed E-state index contributed by atoms with van der Waals surface area (Å²) in [4.78, 5) is 4.81. The number of ether oxygens (including phenoxy) is 3. The molecule has 5 nitrogen and oxygen atoms in total. The van der Waals surface area contributed by atoms with E-state index >= 15 is 0 Å². The van der Waals surface area contributed by atoms with E-state index < -0.39 is 0 Å². The van der Waals surface area contributed by atoms with Crippen LogP contribution in [0.5, 0.6) is 17.2 Å². The summed E-state index contributed by atoms with van der Waals surface area (Å²) in [5, 5.41) is 0. The molecule has 0 unspecified atom stereocenters. The third kappa shape index (κ3) is 4.90. The fraction of sp³-hybridized carbons (Fsp3) is 0.429. The summed E-state index contributed by atoms with van der Waals surface area (Å²) in [5.74, 6) is 2.00. The minimum absolute atomic E-state index is 0.188. The topological polar surface area (TPSA) is 34.2 Å². The number of hydrogen-bond acceptors (Lipinski definition) is 5. The molecule has 0 amide bonds. The average molecular weight is 374 g/mol. The van der Waals surface area contributed by atoms with E-state index in [0.29, 0.717) is 11.5 Å². The first kappa shape index (κ1) is 19.5. The Hall–Kier alpha value is -2.31. The van der Waals surface area contributed by atoms with Crippen molar-refractivity contribution >= 4 is 0 Å². The molecule has 0 saturated carbocycles. The van der Waals surface area contributed by atoms with Crippen LogP contribution in [0, 0.1) is 5.82 Å². The van der Waals surface area contributed by atoms with Crippen molar-refractivity contribution in [3.8, 4) is 17.2 Å². The summed E-state index contributed by atoms with van der Waals surface area (Å²) in [7, 11) is 4.94. The van der Waals surface area contributed by atoms with Crippen molar-refractivity contribution in [2.75, 3.05) is 47.5 Å². The Bertz CT molecular complexity index is 744. The zero-order valence-corrected chi connectivity index (χ0v) is 16.2. The predicted octanol–water partition coefficient (Wildman–Crippen LogP) is 3.17.